The summed E-state index contributed by atoms with van der Waals surface area (Å²) in [4.78, 5) is 22.7. The number of aromatic carboxylic acids is 1. The number of amides is 1. The van der Waals surface area contributed by atoms with Crippen LogP contribution in [0.15, 0.2) is 22.7 Å². The molecule has 0 unspecified atom stereocenters. The number of carbonyl (C=O) groups excluding carboxylic acids is 1. The molecule has 0 fully saturated rings. The molecule has 0 bridgehead atoms. The summed E-state index contributed by atoms with van der Waals surface area (Å²) in [5.74, 6) is -1.65. The van der Waals surface area contributed by atoms with E-state index in [-0.39, 0.29) is 17.7 Å². The van der Waals surface area contributed by atoms with Gasteiger partial charge in [0.1, 0.15) is 11.6 Å². The second kappa shape index (κ2) is 6.38. The third kappa shape index (κ3) is 3.49. The van der Waals surface area contributed by atoms with Crippen molar-refractivity contribution in [3.63, 3.8) is 0 Å². The van der Waals surface area contributed by atoms with Crippen molar-refractivity contribution in [3.8, 4) is 0 Å². The zero-order chi connectivity index (χ0) is 16.3. The highest BCUT2D eigenvalue weighted by Gasteiger charge is 2.14. The molecule has 116 valence electrons. The van der Waals surface area contributed by atoms with Crippen molar-refractivity contribution in [1.29, 1.82) is 0 Å². The molecule has 0 radical (unpaired) electrons. The van der Waals surface area contributed by atoms with Crippen molar-refractivity contribution in [2.75, 3.05) is 5.32 Å². The number of anilines is 1. The van der Waals surface area contributed by atoms with E-state index < -0.39 is 17.7 Å². The van der Waals surface area contributed by atoms with Gasteiger partial charge < -0.3 is 14.9 Å². The SMILES string of the molecule is Cc1noc(C)c1CCC(=O)Nc1cc(C(=O)O)ccc1F. The molecule has 2 N–H and O–H groups in total. The lowest BCUT2D eigenvalue weighted by atomic mass is 10.1. The first kappa shape index (κ1) is 15.7. The first-order valence-corrected chi connectivity index (χ1v) is 6.63. The van der Waals surface area contributed by atoms with Crippen LogP contribution in [0.25, 0.3) is 0 Å². The van der Waals surface area contributed by atoms with Gasteiger partial charge in [0.2, 0.25) is 5.91 Å². The molecule has 1 heterocycles. The fourth-order valence-corrected chi connectivity index (χ4v) is 2.06. The zero-order valence-corrected chi connectivity index (χ0v) is 12.1. The fourth-order valence-electron chi connectivity index (χ4n) is 2.06. The predicted molar refractivity (Wildman–Crippen MR) is 76.3 cm³/mol. The minimum absolute atomic E-state index is 0.0950. The number of carboxylic acid groups (broad SMARTS) is 1. The molecule has 2 rings (SSSR count). The highest BCUT2D eigenvalue weighted by molar-refractivity contribution is 5.94. The Bertz CT molecular complexity index is 705. The molecule has 1 aromatic heterocycles. The Hall–Kier alpha value is -2.70. The summed E-state index contributed by atoms with van der Waals surface area (Å²) in [6.07, 6.45) is 0.521. The maximum Gasteiger partial charge on any atom is 0.335 e. The summed E-state index contributed by atoms with van der Waals surface area (Å²) in [5, 5.41) is 15.0. The minimum atomic E-state index is -1.19. The van der Waals surface area contributed by atoms with Crippen molar-refractivity contribution in [3.05, 3.63) is 46.6 Å². The molecule has 0 saturated heterocycles. The van der Waals surface area contributed by atoms with E-state index in [4.69, 9.17) is 9.63 Å². The Morgan fingerprint density at radius 1 is 1.36 bits per heavy atom. The Morgan fingerprint density at radius 2 is 2.09 bits per heavy atom. The van der Waals surface area contributed by atoms with Crippen LogP contribution in [0.4, 0.5) is 10.1 Å². The van der Waals surface area contributed by atoms with Gasteiger partial charge in [-0.2, -0.15) is 0 Å². The van der Waals surface area contributed by atoms with E-state index in [1.807, 2.05) is 0 Å². The van der Waals surface area contributed by atoms with Gasteiger partial charge in [-0.3, -0.25) is 4.79 Å². The van der Waals surface area contributed by atoms with Crippen molar-refractivity contribution in [2.45, 2.75) is 26.7 Å². The summed E-state index contributed by atoms with van der Waals surface area (Å²) in [5.41, 5.74) is 1.31. The van der Waals surface area contributed by atoms with E-state index in [1.165, 1.54) is 0 Å². The van der Waals surface area contributed by atoms with Crippen LogP contribution in [0.3, 0.4) is 0 Å². The van der Waals surface area contributed by atoms with E-state index in [9.17, 15) is 14.0 Å². The maximum atomic E-state index is 13.6. The number of rotatable bonds is 5. The van der Waals surface area contributed by atoms with Crippen molar-refractivity contribution in [2.24, 2.45) is 0 Å². The van der Waals surface area contributed by atoms with Gasteiger partial charge in [0.05, 0.1) is 16.9 Å². The zero-order valence-electron chi connectivity index (χ0n) is 12.1. The maximum absolute atomic E-state index is 13.6. The van der Waals surface area contributed by atoms with Gasteiger partial charge in [-0.15, -0.1) is 0 Å². The summed E-state index contributed by atoms with van der Waals surface area (Å²) >= 11 is 0. The molecule has 0 aliphatic heterocycles. The third-order valence-corrected chi connectivity index (χ3v) is 3.27. The average molecular weight is 306 g/mol. The number of aromatic nitrogens is 1. The van der Waals surface area contributed by atoms with Gasteiger partial charge in [-0.1, -0.05) is 5.16 Å². The molecule has 0 atom stereocenters. The van der Waals surface area contributed by atoms with Crippen LogP contribution in [0.5, 0.6) is 0 Å². The summed E-state index contributed by atoms with van der Waals surface area (Å²) in [6.45, 7) is 3.53. The van der Waals surface area contributed by atoms with Crippen LogP contribution in [0, 0.1) is 19.7 Å². The Labute approximate surface area is 125 Å². The number of nitrogens with zero attached hydrogens (tertiary/aromatic N) is 1. The van der Waals surface area contributed by atoms with Crippen molar-refractivity contribution in [1.82, 2.24) is 5.16 Å². The van der Waals surface area contributed by atoms with Crippen LogP contribution in [0.1, 0.15) is 33.8 Å². The molecule has 0 aliphatic rings. The van der Waals surface area contributed by atoms with Crippen molar-refractivity contribution >= 4 is 17.6 Å². The standard InChI is InChI=1S/C15H15FN2O4/c1-8-11(9(2)22-18-8)4-6-14(19)17-13-7-10(15(20)21)3-5-12(13)16/h3,5,7H,4,6H2,1-2H3,(H,17,19)(H,20,21). The van der Waals surface area contributed by atoms with E-state index in [1.54, 1.807) is 13.8 Å². The number of carbonyl (C=O) groups is 2. The van der Waals surface area contributed by atoms with Gasteiger partial charge in [-0.05, 0) is 38.5 Å². The molecular formula is C15H15FN2O4. The second-order valence-corrected chi connectivity index (χ2v) is 4.85. The summed E-state index contributed by atoms with van der Waals surface area (Å²) in [7, 11) is 0. The lowest BCUT2D eigenvalue weighted by Gasteiger charge is -2.07. The second-order valence-electron chi connectivity index (χ2n) is 4.85. The molecule has 0 aliphatic carbocycles. The lowest BCUT2D eigenvalue weighted by molar-refractivity contribution is -0.116. The highest BCUT2D eigenvalue weighted by atomic mass is 19.1. The number of aryl methyl sites for hydroxylation is 2. The van der Waals surface area contributed by atoms with Gasteiger partial charge in [0.25, 0.3) is 0 Å². The normalized spacial score (nSPS) is 10.5. The first-order valence-electron chi connectivity index (χ1n) is 6.63. The highest BCUT2D eigenvalue weighted by Crippen LogP contribution is 2.18. The quantitative estimate of drug-likeness (QED) is 0.886. The van der Waals surface area contributed by atoms with Crippen LogP contribution < -0.4 is 5.32 Å². The van der Waals surface area contributed by atoms with Crippen molar-refractivity contribution < 1.29 is 23.6 Å². The van der Waals surface area contributed by atoms with Gasteiger partial charge >= 0.3 is 5.97 Å². The first-order chi connectivity index (χ1) is 10.4. The number of benzene rings is 1. The van der Waals surface area contributed by atoms with Gasteiger partial charge in [-0.25, -0.2) is 9.18 Å². The number of hydrogen-bond donors (Lipinski definition) is 2. The van der Waals surface area contributed by atoms with Crippen LogP contribution in [0.2, 0.25) is 0 Å². The molecule has 0 spiro atoms. The Balaban J connectivity index is 2.03. The Kier molecular flexibility index (Phi) is 4.55. The molecule has 6 nitrogen and oxygen atoms in total. The fraction of sp³-hybridized carbons (Fsp3) is 0.267. The third-order valence-electron chi connectivity index (χ3n) is 3.27. The smallest absolute Gasteiger partial charge is 0.335 e. The summed E-state index contributed by atoms with van der Waals surface area (Å²) < 4.78 is 18.6. The van der Waals surface area contributed by atoms with E-state index in [2.05, 4.69) is 10.5 Å². The monoisotopic (exact) mass is 306 g/mol. The molecule has 2 aromatic rings. The average Bonchev–Trinajstić information content (AvgIpc) is 2.78. The molecule has 1 amide bonds. The topological polar surface area (TPSA) is 92.4 Å². The minimum Gasteiger partial charge on any atom is -0.478 e. The number of nitrogens with one attached hydrogen (secondary N) is 1. The van der Waals surface area contributed by atoms with Crippen LogP contribution >= 0.6 is 0 Å². The van der Waals surface area contributed by atoms with E-state index >= 15 is 0 Å². The Morgan fingerprint density at radius 3 is 2.68 bits per heavy atom. The van der Waals surface area contributed by atoms with Gasteiger partial charge in [0, 0.05) is 12.0 Å². The number of halogens is 1. The molecular weight excluding hydrogens is 291 g/mol. The summed E-state index contributed by atoms with van der Waals surface area (Å²) in [6, 6.07) is 3.23. The van der Waals surface area contributed by atoms with E-state index in [0.717, 1.165) is 23.8 Å². The predicted octanol–water partition coefficient (Wildman–Crippen LogP) is 2.70. The van der Waals surface area contributed by atoms with Gasteiger partial charge in [0.15, 0.2) is 0 Å². The lowest BCUT2D eigenvalue weighted by Crippen LogP contribution is -2.14. The molecule has 7 heteroatoms. The largest absolute Gasteiger partial charge is 0.478 e. The number of carboxylic acids is 1. The van der Waals surface area contributed by atoms with Crippen LogP contribution in [-0.2, 0) is 11.2 Å². The van der Waals surface area contributed by atoms with Crippen LogP contribution in [-0.4, -0.2) is 22.1 Å². The molecule has 0 saturated carbocycles. The molecule has 22 heavy (non-hydrogen) atoms. The molecule has 1 aromatic carbocycles. The van der Waals surface area contributed by atoms with E-state index in [0.29, 0.717) is 17.9 Å². The number of hydrogen-bond acceptors (Lipinski definition) is 4.